The minimum Gasteiger partial charge on any atom is -0.493 e. The Morgan fingerprint density at radius 1 is 1.32 bits per heavy atom. The standard InChI is InChI=1S/C19H28N2O4/c1-23-17-7-5-14(10-18(17)24-2)6-8-19(22)20-11-16-12-21-9-3-4-15(21)13-25-16/h5,7,10,15-16H,3-4,6,8-9,11-13H2,1-2H3,(H,20,22)/t15-,16-/m0/s1. The first-order valence-corrected chi connectivity index (χ1v) is 9.03. The Hall–Kier alpha value is -1.79. The molecule has 138 valence electrons. The molecule has 2 atom stereocenters. The average Bonchev–Trinajstić information content (AvgIpc) is 3.12. The second-order valence-corrected chi connectivity index (χ2v) is 6.74. The van der Waals surface area contributed by atoms with Gasteiger partial charge in [-0.1, -0.05) is 6.07 Å². The first-order valence-electron chi connectivity index (χ1n) is 9.03. The summed E-state index contributed by atoms with van der Waals surface area (Å²) >= 11 is 0. The van der Waals surface area contributed by atoms with Gasteiger partial charge in [0.2, 0.25) is 5.91 Å². The topological polar surface area (TPSA) is 60.0 Å². The third-order valence-electron chi connectivity index (χ3n) is 5.08. The number of hydrogen-bond acceptors (Lipinski definition) is 5. The zero-order valence-electron chi connectivity index (χ0n) is 15.1. The molecule has 1 amide bonds. The van der Waals surface area contributed by atoms with Crippen LogP contribution >= 0.6 is 0 Å². The number of hydrogen-bond donors (Lipinski definition) is 1. The fourth-order valence-electron chi connectivity index (χ4n) is 3.62. The van der Waals surface area contributed by atoms with Crippen molar-refractivity contribution in [1.29, 1.82) is 0 Å². The Labute approximate surface area is 149 Å². The smallest absolute Gasteiger partial charge is 0.220 e. The fourth-order valence-corrected chi connectivity index (χ4v) is 3.62. The van der Waals surface area contributed by atoms with Crippen LogP contribution in [-0.4, -0.2) is 63.4 Å². The van der Waals surface area contributed by atoms with Gasteiger partial charge in [-0.15, -0.1) is 0 Å². The SMILES string of the molecule is COc1ccc(CCC(=O)NC[C@H]2CN3CCC[C@H]3CO2)cc1OC. The number of nitrogens with zero attached hydrogens (tertiary/aromatic N) is 1. The van der Waals surface area contributed by atoms with Crippen LogP contribution in [-0.2, 0) is 16.0 Å². The lowest BCUT2D eigenvalue weighted by Gasteiger charge is -2.35. The van der Waals surface area contributed by atoms with Crippen LogP contribution in [0.3, 0.4) is 0 Å². The molecular weight excluding hydrogens is 320 g/mol. The molecule has 0 radical (unpaired) electrons. The van der Waals surface area contributed by atoms with Gasteiger partial charge in [0.05, 0.1) is 26.9 Å². The summed E-state index contributed by atoms with van der Waals surface area (Å²) in [7, 11) is 3.23. The Morgan fingerprint density at radius 3 is 2.96 bits per heavy atom. The van der Waals surface area contributed by atoms with Crippen molar-refractivity contribution in [3.8, 4) is 11.5 Å². The van der Waals surface area contributed by atoms with Crippen molar-refractivity contribution in [3.05, 3.63) is 23.8 Å². The van der Waals surface area contributed by atoms with Crippen molar-refractivity contribution in [3.63, 3.8) is 0 Å². The molecule has 1 aromatic rings. The third-order valence-corrected chi connectivity index (χ3v) is 5.08. The van der Waals surface area contributed by atoms with Gasteiger partial charge in [-0.05, 0) is 43.5 Å². The Morgan fingerprint density at radius 2 is 2.16 bits per heavy atom. The number of methoxy groups -OCH3 is 2. The minimum absolute atomic E-state index is 0.0573. The number of ether oxygens (including phenoxy) is 3. The minimum atomic E-state index is 0.0573. The average molecular weight is 348 g/mol. The number of nitrogens with one attached hydrogen (secondary N) is 1. The summed E-state index contributed by atoms with van der Waals surface area (Å²) < 4.78 is 16.4. The van der Waals surface area contributed by atoms with E-state index in [0.29, 0.717) is 36.9 Å². The highest BCUT2D eigenvalue weighted by Crippen LogP contribution is 2.28. The van der Waals surface area contributed by atoms with Crippen molar-refractivity contribution in [1.82, 2.24) is 10.2 Å². The van der Waals surface area contributed by atoms with E-state index >= 15 is 0 Å². The van der Waals surface area contributed by atoms with E-state index in [2.05, 4.69) is 10.2 Å². The van der Waals surface area contributed by atoms with E-state index in [1.54, 1.807) is 14.2 Å². The number of aryl methyl sites for hydroxylation is 1. The molecule has 2 fully saturated rings. The number of fused-ring (bicyclic) bond motifs is 1. The molecule has 6 nitrogen and oxygen atoms in total. The fraction of sp³-hybridized carbons (Fsp3) is 0.632. The largest absolute Gasteiger partial charge is 0.493 e. The molecule has 0 spiro atoms. The molecule has 2 saturated heterocycles. The van der Waals surface area contributed by atoms with E-state index in [0.717, 1.165) is 25.3 Å². The first kappa shape index (κ1) is 18.0. The van der Waals surface area contributed by atoms with E-state index in [1.807, 2.05) is 18.2 Å². The molecule has 1 aromatic carbocycles. The van der Waals surface area contributed by atoms with Crippen LogP contribution in [0.5, 0.6) is 11.5 Å². The number of carbonyl (C=O) groups is 1. The number of benzene rings is 1. The lowest BCUT2D eigenvalue weighted by Crippen LogP contribution is -2.50. The maximum Gasteiger partial charge on any atom is 0.220 e. The molecular formula is C19H28N2O4. The van der Waals surface area contributed by atoms with Crippen LogP contribution in [0.1, 0.15) is 24.8 Å². The van der Waals surface area contributed by atoms with E-state index < -0.39 is 0 Å². The molecule has 2 aliphatic rings. The number of rotatable bonds is 7. The maximum atomic E-state index is 12.1. The zero-order chi connectivity index (χ0) is 17.6. The van der Waals surface area contributed by atoms with Gasteiger partial charge in [0.15, 0.2) is 11.5 Å². The highest BCUT2D eigenvalue weighted by atomic mass is 16.5. The summed E-state index contributed by atoms with van der Waals surface area (Å²) in [5.41, 5.74) is 1.06. The molecule has 2 heterocycles. The van der Waals surface area contributed by atoms with Crippen LogP contribution in [0, 0.1) is 0 Å². The van der Waals surface area contributed by atoms with Crippen molar-refractivity contribution >= 4 is 5.91 Å². The van der Waals surface area contributed by atoms with Crippen molar-refractivity contribution in [2.45, 2.75) is 37.8 Å². The van der Waals surface area contributed by atoms with Crippen LogP contribution in [0.4, 0.5) is 0 Å². The Kier molecular flexibility index (Phi) is 6.15. The summed E-state index contributed by atoms with van der Waals surface area (Å²) in [6, 6.07) is 6.35. The van der Waals surface area contributed by atoms with Gasteiger partial charge in [0, 0.05) is 25.6 Å². The Balaban J connectivity index is 1.41. The van der Waals surface area contributed by atoms with Gasteiger partial charge in [0.1, 0.15) is 0 Å². The number of carbonyl (C=O) groups excluding carboxylic acids is 1. The molecule has 0 aliphatic carbocycles. The lowest BCUT2D eigenvalue weighted by atomic mass is 10.1. The van der Waals surface area contributed by atoms with Gasteiger partial charge in [-0.3, -0.25) is 9.69 Å². The molecule has 0 aromatic heterocycles. The molecule has 6 heteroatoms. The van der Waals surface area contributed by atoms with Crippen LogP contribution in [0.25, 0.3) is 0 Å². The number of morpholine rings is 1. The van der Waals surface area contributed by atoms with Crippen LogP contribution in [0.15, 0.2) is 18.2 Å². The summed E-state index contributed by atoms with van der Waals surface area (Å²) in [4.78, 5) is 14.6. The molecule has 2 aliphatic heterocycles. The normalized spacial score (nSPS) is 23.1. The van der Waals surface area contributed by atoms with Gasteiger partial charge in [-0.2, -0.15) is 0 Å². The Bertz CT molecular complexity index is 593. The lowest BCUT2D eigenvalue weighted by molar-refractivity contribution is -0.122. The highest BCUT2D eigenvalue weighted by Gasteiger charge is 2.32. The van der Waals surface area contributed by atoms with E-state index in [1.165, 1.54) is 12.8 Å². The summed E-state index contributed by atoms with van der Waals surface area (Å²) in [6.45, 7) is 3.48. The molecule has 1 N–H and O–H groups in total. The van der Waals surface area contributed by atoms with Crippen molar-refractivity contribution in [2.24, 2.45) is 0 Å². The van der Waals surface area contributed by atoms with Crippen molar-refractivity contribution < 1.29 is 19.0 Å². The first-order chi connectivity index (χ1) is 12.2. The summed E-state index contributed by atoms with van der Waals surface area (Å²) in [6.07, 6.45) is 3.74. The molecule has 0 unspecified atom stereocenters. The summed E-state index contributed by atoms with van der Waals surface area (Å²) in [5, 5.41) is 3.01. The van der Waals surface area contributed by atoms with Gasteiger partial charge in [0.25, 0.3) is 0 Å². The van der Waals surface area contributed by atoms with Gasteiger partial charge >= 0.3 is 0 Å². The van der Waals surface area contributed by atoms with Crippen molar-refractivity contribution in [2.75, 3.05) is 40.5 Å². The zero-order valence-corrected chi connectivity index (χ0v) is 15.1. The predicted molar refractivity (Wildman–Crippen MR) is 95.2 cm³/mol. The molecule has 0 bridgehead atoms. The summed E-state index contributed by atoms with van der Waals surface area (Å²) in [5.74, 6) is 1.45. The van der Waals surface area contributed by atoms with E-state index in [4.69, 9.17) is 14.2 Å². The molecule has 25 heavy (non-hydrogen) atoms. The molecule has 0 saturated carbocycles. The van der Waals surface area contributed by atoms with Crippen LogP contribution in [0.2, 0.25) is 0 Å². The van der Waals surface area contributed by atoms with Gasteiger partial charge < -0.3 is 19.5 Å². The van der Waals surface area contributed by atoms with E-state index in [9.17, 15) is 4.79 Å². The van der Waals surface area contributed by atoms with E-state index in [-0.39, 0.29) is 12.0 Å². The number of amides is 1. The quantitative estimate of drug-likeness (QED) is 0.811. The molecule has 3 rings (SSSR count). The third kappa shape index (κ3) is 4.64. The van der Waals surface area contributed by atoms with Gasteiger partial charge in [-0.25, -0.2) is 0 Å². The monoisotopic (exact) mass is 348 g/mol. The van der Waals surface area contributed by atoms with Crippen LogP contribution < -0.4 is 14.8 Å². The predicted octanol–water partition coefficient (Wildman–Crippen LogP) is 1.62. The second kappa shape index (κ2) is 8.54. The second-order valence-electron chi connectivity index (χ2n) is 6.74. The maximum absolute atomic E-state index is 12.1. The highest BCUT2D eigenvalue weighted by molar-refractivity contribution is 5.76.